The van der Waals surface area contributed by atoms with Gasteiger partial charge in [0.05, 0.1) is 4.92 Å². The average Bonchev–Trinajstić information content (AvgIpc) is 2.46. The molecule has 7 nitrogen and oxygen atoms in total. The molecule has 0 saturated carbocycles. The molecule has 21 heavy (non-hydrogen) atoms. The second-order valence-electron chi connectivity index (χ2n) is 5.03. The third-order valence-electron chi connectivity index (χ3n) is 3.16. The lowest BCUT2D eigenvalue weighted by Crippen LogP contribution is -2.38. The first kappa shape index (κ1) is 16.9. The fourth-order valence-electron chi connectivity index (χ4n) is 1.91. The van der Waals surface area contributed by atoms with Gasteiger partial charge >= 0.3 is 6.03 Å². The summed E-state index contributed by atoms with van der Waals surface area (Å²) in [5.74, 6) is 0.120. The van der Waals surface area contributed by atoms with Crippen LogP contribution in [0.25, 0.3) is 0 Å². The van der Waals surface area contributed by atoms with Crippen molar-refractivity contribution in [1.82, 2.24) is 5.32 Å². The van der Waals surface area contributed by atoms with E-state index in [2.05, 4.69) is 10.6 Å². The highest BCUT2D eigenvalue weighted by atomic mass is 16.6. The summed E-state index contributed by atoms with van der Waals surface area (Å²) in [5, 5.41) is 25.0. The number of benzene rings is 1. The minimum absolute atomic E-state index is 0.0230. The van der Waals surface area contributed by atoms with Crippen LogP contribution in [0.2, 0.25) is 0 Å². The van der Waals surface area contributed by atoms with Crippen LogP contribution in [0, 0.1) is 16.0 Å². The number of anilines is 1. The average molecular weight is 295 g/mol. The summed E-state index contributed by atoms with van der Waals surface area (Å²) in [7, 11) is 0. The van der Waals surface area contributed by atoms with Gasteiger partial charge in [0, 0.05) is 30.5 Å². The standard InChI is InChI=1S/C14H21N3O4/c1-3-11(8-10(2)9-18)15-14(19)16-12-4-6-13(7-5-12)17(20)21/h4-7,10-11,18H,3,8-9H2,1-2H3,(H2,15,16,19)/t10-,11-/m1/s1. The summed E-state index contributed by atoms with van der Waals surface area (Å²) >= 11 is 0. The molecule has 2 amide bonds. The van der Waals surface area contributed by atoms with Gasteiger partial charge in [0.1, 0.15) is 0 Å². The largest absolute Gasteiger partial charge is 0.396 e. The molecule has 1 aromatic carbocycles. The maximum absolute atomic E-state index is 11.9. The van der Waals surface area contributed by atoms with E-state index >= 15 is 0 Å². The topological polar surface area (TPSA) is 104 Å². The first-order chi connectivity index (χ1) is 9.96. The highest BCUT2D eigenvalue weighted by Gasteiger charge is 2.14. The number of hydrogen-bond donors (Lipinski definition) is 3. The van der Waals surface area contributed by atoms with Crippen LogP contribution < -0.4 is 10.6 Å². The fourth-order valence-corrected chi connectivity index (χ4v) is 1.91. The molecule has 0 radical (unpaired) electrons. The lowest BCUT2D eigenvalue weighted by molar-refractivity contribution is -0.384. The van der Waals surface area contributed by atoms with E-state index in [4.69, 9.17) is 5.11 Å². The van der Waals surface area contributed by atoms with Crippen molar-refractivity contribution in [2.24, 2.45) is 5.92 Å². The number of non-ortho nitro benzene ring substituents is 1. The van der Waals surface area contributed by atoms with Gasteiger partial charge in [0.25, 0.3) is 5.69 Å². The molecule has 3 N–H and O–H groups in total. The predicted octanol–water partition coefficient (Wildman–Crippen LogP) is 2.51. The molecule has 0 heterocycles. The number of carbonyl (C=O) groups is 1. The van der Waals surface area contributed by atoms with E-state index in [1.807, 2.05) is 13.8 Å². The van der Waals surface area contributed by atoms with Crippen LogP contribution in [-0.2, 0) is 0 Å². The van der Waals surface area contributed by atoms with Crippen molar-refractivity contribution in [2.75, 3.05) is 11.9 Å². The van der Waals surface area contributed by atoms with Crippen LogP contribution in [0.15, 0.2) is 24.3 Å². The molecular weight excluding hydrogens is 274 g/mol. The van der Waals surface area contributed by atoms with Crippen molar-refractivity contribution >= 4 is 17.4 Å². The van der Waals surface area contributed by atoms with Gasteiger partial charge in [0.2, 0.25) is 0 Å². The normalized spacial score (nSPS) is 13.3. The number of aliphatic hydroxyl groups is 1. The van der Waals surface area contributed by atoms with Crippen molar-refractivity contribution in [2.45, 2.75) is 32.7 Å². The minimum Gasteiger partial charge on any atom is -0.396 e. The molecule has 0 aromatic heterocycles. The Kier molecular flexibility index (Phi) is 6.61. The summed E-state index contributed by atoms with van der Waals surface area (Å²) in [4.78, 5) is 21.9. The molecule has 1 aromatic rings. The Morgan fingerprint density at radius 1 is 1.38 bits per heavy atom. The van der Waals surface area contributed by atoms with Crippen LogP contribution in [0.4, 0.5) is 16.2 Å². The number of amides is 2. The van der Waals surface area contributed by atoms with Crippen molar-refractivity contribution < 1.29 is 14.8 Å². The smallest absolute Gasteiger partial charge is 0.319 e. The molecule has 7 heteroatoms. The summed E-state index contributed by atoms with van der Waals surface area (Å²) in [6.45, 7) is 3.96. The molecule has 0 unspecified atom stereocenters. The van der Waals surface area contributed by atoms with Crippen molar-refractivity contribution in [3.05, 3.63) is 34.4 Å². The molecule has 116 valence electrons. The van der Waals surface area contributed by atoms with Gasteiger partial charge in [-0.2, -0.15) is 0 Å². The number of nitro groups is 1. The molecule has 0 fully saturated rings. The third-order valence-corrected chi connectivity index (χ3v) is 3.16. The zero-order valence-corrected chi connectivity index (χ0v) is 12.2. The number of aliphatic hydroxyl groups excluding tert-OH is 1. The van der Waals surface area contributed by atoms with E-state index < -0.39 is 4.92 Å². The zero-order valence-electron chi connectivity index (χ0n) is 12.2. The Labute approximate surface area is 123 Å². The Morgan fingerprint density at radius 2 is 2.00 bits per heavy atom. The quantitative estimate of drug-likeness (QED) is 0.531. The van der Waals surface area contributed by atoms with Crippen LogP contribution in [0.5, 0.6) is 0 Å². The first-order valence-electron chi connectivity index (χ1n) is 6.89. The number of hydrogen-bond acceptors (Lipinski definition) is 4. The molecule has 0 aliphatic heterocycles. The monoisotopic (exact) mass is 295 g/mol. The van der Waals surface area contributed by atoms with E-state index in [-0.39, 0.29) is 30.3 Å². The van der Waals surface area contributed by atoms with Gasteiger partial charge in [-0.1, -0.05) is 13.8 Å². The highest BCUT2D eigenvalue weighted by molar-refractivity contribution is 5.89. The Hall–Kier alpha value is -2.15. The van der Waals surface area contributed by atoms with Gasteiger partial charge in [-0.15, -0.1) is 0 Å². The van der Waals surface area contributed by atoms with E-state index in [1.54, 1.807) is 0 Å². The molecule has 0 aliphatic carbocycles. The first-order valence-corrected chi connectivity index (χ1v) is 6.89. The Balaban J connectivity index is 2.53. The molecule has 1 rings (SSSR count). The number of nitrogens with one attached hydrogen (secondary N) is 2. The van der Waals surface area contributed by atoms with Gasteiger partial charge in [0.15, 0.2) is 0 Å². The number of nitro benzene ring substituents is 1. The molecular formula is C14H21N3O4. The number of carbonyl (C=O) groups excluding carboxylic acids is 1. The molecule has 2 atom stereocenters. The van der Waals surface area contributed by atoms with E-state index in [9.17, 15) is 14.9 Å². The van der Waals surface area contributed by atoms with Crippen molar-refractivity contribution in [3.63, 3.8) is 0 Å². The SMILES string of the molecule is CC[C@H](C[C@@H](C)CO)NC(=O)Nc1ccc([N+](=O)[O-])cc1. The minimum atomic E-state index is -0.493. The molecule has 0 spiro atoms. The molecule has 0 bridgehead atoms. The van der Waals surface area contributed by atoms with Gasteiger partial charge in [-0.3, -0.25) is 10.1 Å². The lowest BCUT2D eigenvalue weighted by Gasteiger charge is -2.20. The zero-order chi connectivity index (χ0) is 15.8. The van der Waals surface area contributed by atoms with E-state index in [0.29, 0.717) is 12.1 Å². The lowest BCUT2D eigenvalue weighted by atomic mass is 10.0. The second-order valence-corrected chi connectivity index (χ2v) is 5.03. The van der Waals surface area contributed by atoms with Gasteiger partial charge in [-0.25, -0.2) is 4.79 Å². The number of rotatable bonds is 7. The van der Waals surface area contributed by atoms with E-state index in [0.717, 1.165) is 6.42 Å². The van der Waals surface area contributed by atoms with Crippen molar-refractivity contribution in [3.8, 4) is 0 Å². The third kappa shape index (κ3) is 5.78. The summed E-state index contributed by atoms with van der Waals surface area (Å²) in [5.41, 5.74) is 0.465. The summed E-state index contributed by atoms with van der Waals surface area (Å²) < 4.78 is 0. The predicted molar refractivity (Wildman–Crippen MR) is 80.2 cm³/mol. The van der Waals surface area contributed by atoms with E-state index in [1.165, 1.54) is 24.3 Å². The number of nitrogens with zero attached hydrogens (tertiary/aromatic N) is 1. The second kappa shape index (κ2) is 8.21. The van der Waals surface area contributed by atoms with Crippen molar-refractivity contribution in [1.29, 1.82) is 0 Å². The van der Waals surface area contributed by atoms with Crippen LogP contribution in [-0.4, -0.2) is 28.7 Å². The highest BCUT2D eigenvalue weighted by Crippen LogP contribution is 2.15. The summed E-state index contributed by atoms with van der Waals surface area (Å²) in [6.07, 6.45) is 1.46. The Bertz CT molecular complexity index is 476. The van der Waals surface area contributed by atoms with Crippen LogP contribution in [0.3, 0.4) is 0 Å². The maximum atomic E-state index is 11.9. The maximum Gasteiger partial charge on any atom is 0.319 e. The molecule has 0 saturated heterocycles. The van der Waals surface area contributed by atoms with Crippen LogP contribution in [0.1, 0.15) is 26.7 Å². The van der Waals surface area contributed by atoms with Crippen LogP contribution >= 0.6 is 0 Å². The van der Waals surface area contributed by atoms with Gasteiger partial charge in [-0.05, 0) is 30.9 Å². The summed E-state index contributed by atoms with van der Waals surface area (Å²) in [6, 6.07) is 5.25. The fraction of sp³-hybridized carbons (Fsp3) is 0.500. The molecule has 0 aliphatic rings. The number of urea groups is 1. The van der Waals surface area contributed by atoms with Gasteiger partial charge < -0.3 is 15.7 Å². The Morgan fingerprint density at radius 3 is 2.48 bits per heavy atom.